The average molecular weight is 255 g/mol. The molecule has 1 aromatic rings. The van der Waals surface area contributed by atoms with Gasteiger partial charge in [0.15, 0.2) is 0 Å². The molecule has 1 rings (SSSR count). The largest absolute Gasteiger partial charge is 0.491 e. The van der Waals surface area contributed by atoms with Crippen LogP contribution in [0.15, 0.2) is 24.3 Å². The Balaban J connectivity index is 2.53. The van der Waals surface area contributed by atoms with E-state index in [-0.39, 0.29) is 0 Å². The van der Waals surface area contributed by atoms with Crippen LogP contribution in [0.4, 0.5) is 0 Å². The van der Waals surface area contributed by atoms with E-state index in [0.717, 1.165) is 0 Å². The Hall–Kier alpha value is -1.14. The molecule has 0 aromatic heterocycles. The van der Waals surface area contributed by atoms with E-state index in [2.05, 4.69) is 5.32 Å². The molecule has 0 saturated carbocycles. The van der Waals surface area contributed by atoms with Crippen LogP contribution in [0.5, 0.6) is 5.75 Å². The first-order chi connectivity index (χ1) is 8.69. The molecule has 0 spiro atoms. The third kappa shape index (κ3) is 4.62. The maximum atomic E-state index is 9.87. The van der Waals surface area contributed by atoms with Crippen molar-refractivity contribution < 1.29 is 19.7 Å². The van der Waals surface area contributed by atoms with Crippen LogP contribution in [-0.4, -0.2) is 50.2 Å². The molecule has 0 heterocycles. The Morgan fingerprint density at radius 1 is 1.17 bits per heavy atom. The van der Waals surface area contributed by atoms with Gasteiger partial charge >= 0.3 is 0 Å². The molecule has 0 amide bonds. The van der Waals surface area contributed by atoms with E-state index < -0.39 is 12.2 Å². The molecule has 102 valence electrons. The molecule has 0 radical (unpaired) electrons. The van der Waals surface area contributed by atoms with E-state index in [1.165, 1.54) is 0 Å². The Morgan fingerprint density at radius 3 is 2.39 bits per heavy atom. The highest BCUT2D eigenvalue weighted by molar-refractivity contribution is 5.29. The first-order valence-electron chi connectivity index (χ1n) is 5.91. The standard InChI is InChI=1S/C13H21NO4/c1-14-9-12(15)13(16)10-3-5-11(6-4-10)18-8-7-17-2/h3-6,12-16H,7-9H2,1-2H3. The zero-order chi connectivity index (χ0) is 13.4. The molecule has 0 aliphatic rings. The highest BCUT2D eigenvalue weighted by Crippen LogP contribution is 2.20. The Morgan fingerprint density at radius 2 is 1.83 bits per heavy atom. The van der Waals surface area contributed by atoms with E-state index in [1.54, 1.807) is 38.4 Å². The quantitative estimate of drug-likeness (QED) is 0.584. The molecule has 2 unspecified atom stereocenters. The number of ether oxygens (including phenoxy) is 2. The van der Waals surface area contributed by atoms with Crippen molar-refractivity contribution in [1.29, 1.82) is 0 Å². The summed E-state index contributed by atoms with van der Waals surface area (Å²) in [6.45, 7) is 1.36. The summed E-state index contributed by atoms with van der Waals surface area (Å²) < 4.78 is 10.3. The number of hydrogen-bond acceptors (Lipinski definition) is 5. The van der Waals surface area contributed by atoms with Crippen molar-refractivity contribution >= 4 is 0 Å². The van der Waals surface area contributed by atoms with Gasteiger partial charge in [0, 0.05) is 13.7 Å². The fourth-order valence-electron chi connectivity index (χ4n) is 1.55. The Labute approximate surface area is 107 Å². The number of aliphatic hydroxyl groups is 2. The number of nitrogens with one attached hydrogen (secondary N) is 1. The van der Waals surface area contributed by atoms with Gasteiger partial charge in [-0.15, -0.1) is 0 Å². The lowest BCUT2D eigenvalue weighted by molar-refractivity contribution is 0.0202. The lowest BCUT2D eigenvalue weighted by atomic mass is 10.0. The third-order valence-corrected chi connectivity index (χ3v) is 2.56. The van der Waals surface area contributed by atoms with E-state index >= 15 is 0 Å². The van der Waals surface area contributed by atoms with E-state index in [0.29, 0.717) is 31.1 Å². The summed E-state index contributed by atoms with van der Waals surface area (Å²) in [5, 5.41) is 22.3. The molecule has 2 atom stereocenters. The summed E-state index contributed by atoms with van der Waals surface area (Å²) in [6, 6.07) is 7.01. The summed E-state index contributed by atoms with van der Waals surface area (Å²) in [6.07, 6.45) is -1.72. The predicted molar refractivity (Wildman–Crippen MR) is 68.7 cm³/mol. The minimum Gasteiger partial charge on any atom is -0.491 e. The maximum absolute atomic E-state index is 9.87. The van der Waals surface area contributed by atoms with Crippen molar-refractivity contribution in [1.82, 2.24) is 5.32 Å². The highest BCUT2D eigenvalue weighted by Gasteiger charge is 2.17. The topological polar surface area (TPSA) is 71.0 Å². The molecular weight excluding hydrogens is 234 g/mol. The average Bonchev–Trinajstić information content (AvgIpc) is 2.39. The number of methoxy groups -OCH3 is 1. The monoisotopic (exact) mass is 255 g/mol. The minimum absolute atomic E-state index is 0.341. The van der Waals surface area contributed by atoms with Crippen LogP contribution in [-0.2, 0) is 4.74 Å². The number of likely N-dealkylation sites (N-methyl/N-ethyl adjacent to an activating group) is 1. The fourth-order valence-corrected chi connectivity index (χ4v) is 1.55. The van der Waals surface area contributed by atoms with Gasteiger partial charge in [-0.05, 0) is 24.7 Å². The summed E-state index contributed by atoms with van der Waals surface area (Å²) in [4.78, 5) is 0. The number of hydrogen-bond donors (Lipinski definition) is 3. The molecule has 5 nitrogen and oxygen atoms in total. The van der Waals surface area contributed by atoms with Gasteiger partial charge in [0.25, 0.3) is 0 Å². The second kappa shape index (κ2) is 8.05. The highest BCUT2D eigenvalue weighted by atomic mass is 16.5. The van der Waals surface area contributed by atoms with E-state index in [1.807, 2.05) is 0 Å². The van der Waals surface area contributed by atoms with Gasteiger partial charge in [0.05, 0.1) is 12.7 Å². The van der Waals surface area contributed by atoms with E-state index in [4.69, 9.17) is 9.47 Å². The fraction of sp³-hybridized carbons (Fsp3) is 0.538. The first-order valence-corrected chi connectivity index (χ1v) is 5.91. The van der Waals surface area contributed by atoms with Gasteiger partial charge in [-0.1, -0.05) is 12.1 Å². The molecule has 0 aliphatic carbocycles. The number of aliphatic hydroxyl groups excluding tert-OH is 2. The predicted octanol–water partition coefficient (Wildman–Crippen LogP) is 0.325. The van der Waals surface area contributed by atoms with Crippen molar-refractivity contribution in [2.45, 2.75) is 12.2 Å². The Bertz CT molecular complexity index is 328. The lowest BCUT2D eigenvalue weighted by Gasteiger charge is -2.18. The van der Waals surface area contributed by atoms with Gasteiger partial charge in [0.2, 0.25) is 0 Å². The second-order valence-corrected chi connectivity index (χ2v) is 3.98. The van der Waals surface area contributed by atoms with Crippen LogP contribution in [0.1, 0.15) is 11.7 Å². The molecule has 1 aromatic carbocycles. The molecule has 3 N–H and O–H groups in total. The minimum atomic E-state index is -0.898. The van der Waals surface area contributed by atoms with Gasteiger partial charge in [-0.2, -0.15) is 0 Å². The maximum Gasteiger partial charge on any atom is 0.119 e. The molecule has 18 heavy (non-hydrogen) atoms. The molecular formula is C13H21NO4. The Kier molecular flexibility index (Phi) is 6.67. The van der Waals surface area contributed by atoms with Gasteiger partial charge in [0.1, 0.15) is 18.5 Å². The zero-order valence-corrected chi connectivity index (χ0v) is 10.8. The van der Waals surface area contributed by atoms with Crippen LogP contribution >= 0.6 is 0 Å². The van der Waals surface area contributed by atoms with Gasteiger partial charge in [-0.25, -0.2) is 0 Å². The lowest BCUT2D eigenvalue weighted by Crippen LogP contribution is -2.29. The van der Waals surface area contributed by atoms with Gasteiger partial charge < -0.3 is 25.0 Å². The number of rotatable bonds is 8. The van der Waals surface area contributed by atoms with Crippen molar-refractivity contribution in [3.05, 3.63) is 29.8 Å². The van der Waals surface area contributed by atoms with Crippen LogP contribution in [0.3, 0.4) is 0 Å². The van der Waals surface area contributed by atoms with Crippen LogP contribution in [0, 0.1) is 0 Å². The van der Waals surface area contributed by atoms with E-state index in [9.17, 15) is 10.2 Å². The third-order valence-electron chi connectivity index (χ3n) is 2.56. The van der Waals surface area contributed by atoms with Crippen molar-refractivity contribution in [2.24, 2.45) is 0 Å². The number of benzene rings is 1. The van der Waals surface area contributed by atoms with Crippen LogP contribution < -0.4 is 10.1 Å². The van der Waals surface area contributed by atoms with Crippen molar-refractivity contribution in [2.75, 3.05) is 33.9 Å². The molecule has 0 saturated heterocycles. The SMILES string of the molecule is CNCC(O)C(O)c1ccc(OCCOC)cc1. The molecule has 5 heteroatoms. The molecule has 0 fully saturated rings. The van der Waals surface area contributed by atoms with Crippen LogP contribution in [0.25, 0.3) is 0 Å². The molecule has 0 aliphatic heterocycles. The summed E-state index contributed by atoms with van der Waals surface area (Å²) in [5.41, 5.74) is 0.664. The summed E-state index contributed by atoms with van der Waals surface area (Å²) in [5.74, 6) is 0.714. The van der Waals surface area contributed by atoms with Gasteiger partial charge in [-0.3, -0.25) is 0 Å². The normalized spacial score (nSPS) is 14.2. The summed E-state index contributed by atoms with van der Waals surface area (Å²) in [7, 11) is 3.34. The van der Waals surface area contributed by atoms with Crippen molar-refractivity contribution in [3.63, 3.8) is 0 Å². The summed E-state index contributed by atoms with van der Waals surface area (Å²) >= 11 is 0. The first kappa shape index (κ1) is 14.9. The smallest absolute Gasteiger partial charge is 0.119 e. The van der Waals surface area contributed by atoms with Crippen LogP contribution in [0.2, 0.25) is 0 Å². The second-order valence-electron chi connectivity index (χ2n) is 3.98. The zero-order valence-electron chi connectivity index (χ0n) is 10.8. The molecule has 0 bridgehead atoms. The van der Waals surface area contributed by atoms with Crippen molar-refractivity contribution in [3.8, 4) is 5.75 Å².